The van der Waals surface area contributed by atoms with Gasteiger partial charge in [0.1, 0.15) is 5.75 Å². The zero-order valence-corrected chi connectivity index (χ0v) is 11.4. The summed E-state index contributed by atoms with van der Waals surface area (Å²) in [4.78, 5) is 0. The van der Waals surface area contributed by atoms with Gasteiger partial charge in [-0.3, -0.25) is 0 Å². The van der Waals surface area contributed by atoms with Crippen LogP contribution in [0.1, 0.15) is 0 Å². The molecule has 1 aromatic heterocycles. The van der Waals surface area contributed by atoms with E-state index in [1.165, 1.54) is 13.7 Å². The molecular formula is C9H6BrIOS. The Bertz CT molecular complexity index is 452. The van der Waals surface area contributed by atoms with Crippen LogP contribution in [0.5, 0.6) is 5.75 Å². The Morgan fingerprint density at radius 2 is 2.23 bits per heavy atom. The molecule has 0 aliphatic rings. The van der Waals surface area contributed by atoms with Crippen molar-refractivity contribution in [2.24, 2.45) is 0 Å². The fraction of sp³-hybridized carbons (Fsp3) is 0.111. The van der Waals surface area contributed by atoms with Crippen molar-refractivity contribution in [3.05, 3.63) is 25.6 Å². The lowest BCUT2D eigenvalue weighted by molar-refractivity contribution is 0.413. The third-order valence-corrected chi connectivity index (χ3v) is 4.68. The number of fused-ring (bicyclic) bond motifs is 1. The molecule has 1 heterocycles. The lowest BCUT2D eigenvalue weighted by Crippen LogP contribution is -1.83. The molecule has 1 nitrogen and oxygen atoms in total. The summed E-state index contributed by atoms with van der Waals surface area (Å²) in [7, 11) is 1.69. The molecule has 0 atom stereocenters. The van der Waals surface area contributed by atoms with E-state index in [0.717, 1.165) is 10.2 Å². The minimum absolute atomic E-state index is 0.894. The average Bonchev–Trinajstić information content (AvgIpc) is 2.47. The van der Waals surface area contributed by atoms with Crippen molar-refractivity contribution in [1.29, 1.82) is 0 Å². The summed E-state index contributed by atoms with van der Waals surface area (Å²) >= 11 is 7.56. The molecule has 13 heavy (non-hydrogen) atoms. The minimum atomic E-state index is 0.894. The molecule has 1 aromatic carbocycles. The van der Waals surface area contributed by atoms with Crippen LogP contribution >= 0.6 is 49.9 Å². The van der Waals surface area contributed by atoms with Crippen molar-refractivity contribution in [2.75, 3.05) is 7.11 Å². The van der Waals surface area contributed by atoms with Crippen LogP contribution in [-0.4, -0.2) is 7.11 Å². The molecule has 4 heteroatoms. The van der Waals surface area contributed by atoms with Gasteiger partial charge in [-0.25, -0.2) is 0 Å². The van der Waals surface area contributed by atoms with Crippen LogP contribution in [0, 0.1) is 3.57 Å². The van der Waals surface area contributed by atoms with E-state index in [2.05, 4.69) is 56.0 Å². The van der Waals surface area contributed by atoms with Crippen LogP contribution in [0.25, 0.3) is 10.1 Å². The van der Waals surface area contributed by atoms with Crippen molar-refractivity contribution in [1.82, 2.24) is 0 Å². The van der Waals surface area contributed by atoms with Gasteiger partial charge in [0.15, 0.2) is 0 Å². The molecule has 0 N–H and O–H groups in total. The van der Waals surface area contributed by atoms with E-state index in [1.54, 1.807) is 18.4 Å². The number of ether oxygens (including phenoxy) is 1. The molecule has 0 saturated carbocycles. The zero-order valence-electron chi connectivity index (χ0n) is 6.80. The summed E-state index contributed by atoms with van der Waals surface area (Å²) in [6, 6.07) is 4.17. The molecule has 2 aromatic rings. The van der Waals surface area contributed by atoms with Crippen molar-refractivity contribution in [3.8, 4) is 5.75 Å². The normalized spacial score (nSPS) is 10.7. The first-order chi connectivity index (χ1) is 6.22. The van der Waals surface area contributed by atoms with E-state index in [9.17, 15) is 0 Å². The predicted molar refractivity (Wildman–Crippen MR) is 68.8 cm³/mol. The lowest BCUT2D eigenvalue weighted by Gasteiger charge is -2.02. The number of hydrogen-bond acceptors (Lipinski definition) is 2. The van der Waals surface area contributed by atoms with Crippen LogP contribution in [0.2, 0.25) is 0 Å². The number of halogens is 2. The monoisotopic (exact) mass is 368 g/mol. The number of hydrogen-bond donors (Lipinski definition) is 0. The van der Waals surface area contributed by atoms with E-state index in [1.807, 2.05) is 0 Å². The predicted octanol–water partition coefficient (Wildman–Crippen LogP) is 4.28. The second-order valence-corrected chi connectivity index (χ2v) is 5.49. The van der Waals surface area contributed by atoms with Crippen molar-refractivity contribution in [3.63, 3.8) is 0 Å². The van der Waals surface area contributed by atoms with Gasteiger partial charge in [0.05, 0.1) is 11.6 Å². The van der Waals surface area contributed by atoms with Crippen LogP contribution in [-0.2, 0) is 0 Å². The Morgan fingerprint density at radius 1 is 1.46 bits per heavy atom. The topological polar surface area (TPSA) is 9.23 Å². The molecule has 0 amide bonds. The van der Waals surface area contributed by atoms with E-state index in [0.29, 0.717) is 0 Å². The standard InChI is InChI=1S/C9H6BrIOS/c1-12-8-3-9-5(2-6(8)10)7(11)4-13-9/h2-4H,1H3. The van der Waals surface area contributed by atoms with Gasteiger partial charge in [0.25, 0.3) is 0 Å². The van der Waals surface area contributed by atoms with Gasteiger partial charge in [-0.1, -0.05) is 0 Å². The highest BCUT2D eigenvalue weighted by molar-refractivity contribution is 14.1. The first kappa shape index (κ1) is 9.73. The fourth-order valence-corrected chi connectivity index (χ4v) is 3.50. The van der Waals surface area contributed by atoms with Gasteiger partial charge >= 0.3 is 0 Å². The number of benzene rings is 1. The summed E-state index contributed by atoms with van der Waals surface area (Å²) in [5.74, 6) is 0.894. The molecule has 2 rings (SSSR count). The van der Waals surface area contributed by atoms with Crippen LogP contribution in [0.4, 0.5) is 0 Å². The Morgan fingerprint density at radius 3 is 2.92 bits per heavy atom. The second kappa shape index (κ2) is 3.74. The smallest absolute Gasteiger partial charge is 0.134 e. The summed E-state index contributed by atoms with van der Waals surface area (Å²) in [6.07, 6.45) is 0. The molecule has 0 saturated heterocycles. The van der Waals surface area contributed by atoms with Gasteiger partial charge in [-0.15, -0.1) is 11.3 Å². The van der Waals surface area contributed by atoms with Gasteiger partial charge in [0.2, 0.25) is 0 Å². The maximum Gasteiger partial charge on any atom is 0.134 e. The van der Waals surface area contributed by atoms with Crippen molar-refractivity contribution >= 4 is 59.9 Å². The average molecular weight is 369 g/mol. The largest absolute Gasteiger partial charge is 0.496 e. The Balaban J connectivity index is 2.76. The molecule has 0 aliphatic heterocycles. The molecule has 0 unspecified atom stereocenters. The Labute approximate surface area is 102 Å². The third kappa shape index (κ3) is 1.71. The number of methoxy groups -OCH3 is 1. The second-order valence-electron chi connectivity index (χ2n) is 2.57. The van der Waals surface area contributed by atoms with Crippen LogP contribution in [0.15, 0.2) is 22.0 Å². The van der Waals surface area contributed by atoms with Crippen molar-refractivity contribution < 1.29 is 4.74 Å². The first-order valence-corrected chi connectivity index (χ1v) is 6.37. The quantitative estimate of drug-likeness (QED) is 0.683. The molecular weight excluding hydrogens is 363 g/mol. The summed E-state index contributed by atoms with van der Waals surface area (Å²) < 4.78 is 8.79. The van der Waals surface area contributed by atoms with E-state index in [4.69, 9.17) is 4.74 Å². The molecule has 0 aliphatic carbocycles. The summed E-state index contributed by atoms with van der Waals surface area (Å²) in [5.41, 5.74) is 0. The Hall–Kier alpha value is 0.190. The van der Waals surface area contributed by atoms with Crippen molar-refractivity contribution in [2.45, 2.75) is 0 Å². The van der Waals surface area contributed by atoms with E-state index in [-0.39, 0.29) is 0 Å². The lowest BCUT2D eigenvalue weighted by atomic mass is 10.2. The maximum atomic E-state index is 5.22. The summed E-state index contributed by atoms with van der Waals surface area (Å²) in [6.45, 7) is 0. The van der Waals surface area contributed by atoms with E-state index < -0.39 is 0 Å². The highest BCUT2D eigenvalue weighted by atomic mass is 127. The summed E-state index contributed by atoms with van der Waals surface area (Å²) in [5, 5.41) is 3.44. The molecule has 0 spiro atoms. The minimum Gasteiger partial charge on any atom is -0.496 e. The van der Waals surface area contributed by atoms with Gasteiger partial charge in [0, 0.05) is 19.0 Å². The molecule has 68 valence electrons. The first-order valence-electron chi connectivity index (χ1n) is 3.62. The van der Waals surface area contributed by atoms with Gasteiger partial charge in [-0.2, -0.15) is 0 Å². The van der Waals surface area contributed by atoms with Crippen LogP contribution < -0.4 is 4.74 Å². The zero-order chi connectivity index (χ0) is 9.42. The SMILES string of the molecule is COc1cc2scc(I)c2cc1Br. The molecule has 0 fully saturated rings. The number of thiophene rings is 1. The van der Waals surface area contributed by atoms with Gasteiger partial charge < -0.3 is 4.74 Å². The highest BCUT2D eigenvalue weighted by Crippen LogP contribution is 2.35. The third-order valence-electron chi connectivity index (χ3n) is 1.80. The Kier molecular flexibility index (Phi) is 2.80. The molecule has 0 radical (unpaired) electrons. The van der Waals surface area contributed by atoms with E-state index >= 15 is 0 Å². The maximum absolute atomic E-state index is 5.22. The fourth-order valence-electron chi connectivity index (χ4n) is 1.15. The molecule has 0 bridgehead atoms. The van der Waals surface area contributed by atoms with Crippen LogP contribution in [0.3, 0.4) is 0 Å². The highest BCUT2D eigenvalue weighted by Gasteiger charge is 2.06. The van der Waals surface area contributed by atoms with Gasteiger partial charge in [-0.05, 0) is 50.7 Å². The number of rotatable bonds is 1.